The fourth-order valence-corrected chi connectivity index (χ4v) is 1.42. The third-order valence-corrected chi connectivity index (χ3v) is 2.21. The smallest absolute Gasteiger partial charge is 0.414 e. The van der Waals surface area contributed by atoms with Crippen molar-refractivity contribution in [3.05, 3.63) is 0 Å². The lowest BCUT2D eigenvalue weighted by Gasteiger charge is -2.05. The second-order valence-corrected chi connectivity index (χ2v) is 3.39. The van der Waals surface area contributed by atoms with Crippen LogP contribution in [-0.2, 0) is 9.59 Å². The molecule has 0 aromatic carbocycles. The van der Waals surface area contributed by atoms with Crippen LogP contribution in [-0.4, -0.2) is 41.0 Å². The van der Waals surface area contributed by atoms with Crippen molar-refractivity contribution < 1.29 is 19.5 Å². The van der Waals surface area contributed by atoms with Gasteiger partial charge in [-0.15, -0.1) is 0 Å². The van der Waals surface area contributed by atoms with E-state index in [0.717, 1.165) is 24.3 Å². The molecule has 0 radical (unpaired) electrons. The molecule has 0 spiro atoms. The first-order chi connectivity index (χ1) is 7.11. The molecular weight excluding hydrogens is 200 g/mol. The normalized spacial score (nSPS) is 19.6. The van der Waals surface area contributed by atoms with Gasteiger partial charge in [-0.05, 0) is 12.8 Å². The Morgan fingerprint density at radius 2 is 2.00 bits per heavy atom. The highest BCUT2D eigenvalue weighted by molar-refractivity contribution is 5.92. The number of carbonyl (C=O) groups is 3. The monoisotopic (exact) mass is 214 g/mol. The molecule has 0 aromatic rings. The van der Waals surface area contributed by atoms with Gasteiger partial charge in [0.05, 0.1) is 0 Å². The molecule has 0 saturated carbocycles. The zero-order valence-electron chi connectivity index (χ0n) is 8.36. The minimum atomic E-state index is -1.13. The van der Waals surface area contributed by atoms with Crippen molar-refractivity contribution in [2.24, 2.45) is 0 Å². The molecular formula is C9H14N2O4. The van der Waals surface area contributed by atoms with E-state index in [9.17, 15) is 14.4 Å². The first-order valence-corrected chi connectivity index (χ1v) is 4.91. The standard InChI is InChI=1S/C5H7NO3.C4H7NO/c7-4-2-1-3-6(4)5(8)9;6-4-2-1-3-5-4/h1-3H2,(H,8,9);1-3H2,(H,5,6). The Hall–Kier alpha value is -1.59. The van der Waals surface area contributed by atoms with Gasteiger partial charge in [0.15, 0.2) is 0 Å². The lowest BCUT2D eigenvalue weighted by atomic mass is 10.4. The van der Waals surface area contributed by atoms with Gasteiger partial charge in [-0.25, -0.2) is 9.69 Å². The van der Waals surface area contributed by atoms with Gasteiger partial charge in [-0.2, -0.15) is 0 Å². The number of likely N-dealkylation sites (tertiary alicyclic amines) is 1. The molecule has 2 saturated heterocycles. The molecule has 2 aliphatic heterocycles. The molecule has 3 amide bonds. The predicted molar refractivity (Wildman–Crippen MR) is 51.2 cm³/mol. The topological polar surface area (TPSA) is 86.7 Å². The summed E-state index contributed by atoms with van der Waals surface area (Å²) in [6, 6.07) is 0. The van der Waals surface area contributed by atoms with Crippen LogP contribution in [0.15, 0.2) is 0 Å². The van der Waals surface area contributed by atoms with Crippen LogP contribution in [0.1, 0.15) is 25.7 Å². The molecule has 0 aliphatic carbocycles. The lowest BCUT2D eigenvalue weighted by molar-refractivity contribution is -0.126. The van der Waals surface area contributed by atoms with E-state index < -0.39 is 6.09 Å². The largest absolute Gasteiger partial charge is 0.465 e. The summed E-state index contributed by atoms with van der Waals surface area (Å²) < 4.78 is 0. The van der Waals surface area contributed by atoms with Crippen LogP contribution in [0.25, 0.3) is 0 Å². The fraction of sp³-hybridized carbons (Fsp3) is 0.667. The average Bonchev–Trinajstić information content (AvgIpc) is 2.77. The zero-order valence-corrected chi connectivity index (χ0v) is 8.36. The minimum Gasteiger partial charge on any atom is -0.465 e. The summed E-state index contributed by atoms with van der Waals surface area (Å²) in [5.41, 5.74) is 0. The van der Waals surface area contributed by atoms with Crippen molar-refractivity contribution in [2.75, 3.05) is 13.1 Å². The van der Waals surface area contributed by atoms with Crippen LogP contribution < -0.4 is 5.32 Å². The summed E-state index contributed by atoms with van der Waals surface area (Å²) in [7, 11) is 0. The number of carbonyl (C=O) groups excluding carboxylic acids is 2. The highest BCUT2D eigenvalue weighted by atomic mass is 16.4. The van der Waals surface area contributed by atoms with Gasteiger partial charge in [-0.3, -0.25) is 9.59 Å². The van der Waals surface area contributed by atoms with Crippen molar-refractivity contribution >= 4 is 17.9 Å². The molecule has 2 N–H and O–H groups in total. The van der Waals surface area contributed by atoms with Crippen LogP contribution in [0.5, 0.6) is 0 Å². The van der Waals surface area contributed by atoms with Crippen molar-refractivity contribution in [1.82, 2.24) is 10.2 Å². The van der Waals surface area contributed by atoms with Crippen molar-refractivity contribution in [1.29, 1.82) is 0 Å². The number of imide groups is 1. The molecule has 0 bridgehead atoms. The molecule has 15 heavy (non-hydrogen) atoms. The molecule has 0 atom stereocenters. The molecule has 0 unspecified atom stereocenters. The van der Waals surface area contributed by atoms with Gasteiger partial charge in [0, 0.05) is 25.9 Å². The van der Waals surface area contributed by atoms with Gasteiger partial charge < -0.3 is 10.4 Å². The van der Waals surface area contributed by atoms with Crippen molar-refractivity contribution in [3.63, 3.8) is 0 Å². The molecule has 84 valence electrons. The third-order valence-electron chi connectivity index (χ3n) is 2.21. The Bertz CT molecular complexity index is 269. The fourth-order valence-electron chi connectivity index (χ4n) is 1.42. The molecule has 6 nitrogen and oxygen atoms in total. The summed E-state index contributed by atoms with van der Waals surface area (Å²) in [6.45, 7) is 1.26. The maximum absolute atomic E-state index is 10.6. The summed E-state index contributed by atoms with van der Waals surface area (Å²) >= 11 is 0. The zero-order chi connectivity index (χ0) is 11.3. The first-order valence-electron chi connectivity index (χ1n) is 4.91. The average molecular weight is 214 g/mol. The highest BCUT2D eigenvalue weighted by Gasteiger charge is 2.25. The maximum atomic E-state index is 10.6. The Labute approximate surface area is 87.2 Å². The lowest BCUT2D eigenvalue weighted by Crippen LogP contribution is -2.29. The Balaban J connectivity index is 0.000000162. The second-order valence-electron chi connectivity index (χ2n) is 3.39. The van der Waals surface area contributed by atoms with Crippen LogP contribution in [0.3, 0.4) is 0 Å². The molecule has 2 fully saturated rings. The van der Waals surface area contributed by atoms with E-state index in [0.29, 0.717) is 19.4 Å². The number of amides is 3. The number of hydrogen-bond acceptors (Lipinski definition) is 3. The van der Waals surface area contributed by atoms with E-state index in [4.69, 9.17) is 5.11 Å². The Kier molecular flexibility index (Phi) is 4.08. The van der Waals surface area contributed by atoms with E-state index in [2.05, 4.69) is 5.32 Å². The summed E-state index contributed by atoms with van der Waals surface area (Å²) in [5.74, 6) is -0.0718. The number of nitrogens with zero attached hydrogens (tertiary/aromatic N) is 1. The van der Waals surface area contributed by atoms with Crippen molar-refractivity contribution in [2.45, 2.75) is 25.7 Å². The van der Waals surface area contributed by atoms with E-state index >= 15 is 0 Å². The molecule has 6 heteroatoms. The van der Waals surface area contributed by atoms with Crippen molar-refractivity contribution in [3.8, 4) is 0 Å². The van der Waals surface area contributed by atoms with E-state index in [1.807, 2.05) is 0 Å². The van der Waals surface area contributed by atoms with Crippen LogP contribution in [0.4, 0.5) is 4.79 Å². The number of hydrogen-bond donors (Lipinski definition) is 2. The van der Waals surface area contributed by atoms with Crippen LogP contribution in [0.2, 0.25) is 0 Å². The maximum Gasteiger partial charge on any atom is 0.414 e. The minimum absolute atomic E-state index is 0.204. The second kappa shape index (κ2) is 5.33. The third kappa shape index (κ3) is 3.57. The van der Waals surface area contributed by atoms with E-state index in [1.165, 1.54) is 0 Å². The number of rotatable bonds is 0. The number of carboxylic acid groups (broad SMARTS) is 1. The SMILES string of the molecule is O=C(O)N1CCCC1=O.O=C1CCCN1. The molecule has 2 heterocycles. The Morgan fingerprint density at radius 1 is 1.27 bits per heavy atom. The first kappa shape index (κ1) is 11.5. The molecule has 2 aliphatic rings. The van der Waals surface area contributed by atoms with Gasteiger partial charge in [0.2, 0.25) is 11.8 Å². The summed E-state index contributed by atoms with van der Waals surface area (Å²) in [6.07, 6.45) is 1.69. The van der Waals surface area contributed by atoms with E-state index in [-0.39, 0.29) is 11.8 Å². The van der Waals surface area contributed by atoms with E-state index in [1.54, 1.807) is 0 Å². The van der Waals surface area contributed by atoms with Gasteiger partial charge in [0.1, 0.15) is 0 Å². The van der Waals surface area contributed by atoms with Gasteiger partial charge in [-0.1, -0.05) is 0 Å². The van der Waals surface area contributed by atoms with Crippen LogP contribution >= 0.6 is 0 Å². The van der Waals surface area contributed by atoms with Gasteiger partial charge >= 0.3 is 6.09 Å². The summed E-state index contributed by atoms with van der Waals surface area (Å²) in [4.78, 5) is 31.7. The quantitative estimate of drug-likeness (QED) is 0.602. The molecule has 2 rings (SSSR count). The number of nitrogens with one attached hydrogen (secondary N) is 1. The highest BCUT2D eigenvalue weighted by Crippen LogP contribution is 2.08. The Morgan fingerprint density at radius 3 is 2.20 bits per heavy atom. The predicted octanol–water partition coefficient (Wildman–Crippen LogP) is 0.183. The summed E-state index contributed by atoms with van der Waals surface area (Å²) in [5, 5.41) is 11.0. The molecule has 0 aromatic heterocycles. The van der Waals surface area contributed by atoms with Gasteiger partial charge in [0.25, 0.3) is 0 Å². The van der Waals surface area contributed by atoms with Crippen LogP contribution in [0, 0.1) is 0 Å².